The Kier molecular flexibility index (Phi) is 1.82. The number of nitrogens with zero attached hydrogens (tertiary/aromatic N) is 2. The number of aryl methyl sites for hydroxylation is 1. The molecule has 0 spiro atoms. The fraction of sp³-hybridized carbons (Fsp3) is 0.100. The highest BCUT2D eigenvalue weighted by atomic mass is 16.3. The van der Waals surface area contributed by atoms with Gasteiger partial charge in [-0.3, -0.25) is 14.3 Å². The number of imidazole rings is 1. The summed E-state index contributed by atoms with van der Waals surface area (Å²) in [5.74, 6) is 0.487. The van der Waals surface area contributed by atoms with Crippen LogP contribution >= 0.6 is 0 Å². The summed E-state index contributed by atoms with van der Waals surface area (Å²) in [6.45, 7) is 0. The van der Waals surface area contributed by atoms with Crippen LogP contribution in [0.1, 0.15) is 0 Å². The Hall–Kier alpha value is -2.57. The average molecular weight is 232 g/mol. The van der Waals surface area contributed by atoms with Crippen LogP contribution in [0.4, 0.5) is 0 Å². The van der Waals surface area contributed by atoms with Gasteiger partial charge in [0.1, 0.15) is 17.6 Å². The molecule has 0 saturated heterocycles. The molecular weight excluding hydrogens is 224 g/mol. The van der Waals surface area contributed by atoms with Crippen molar-refractivity contribution in [3.05, 3.63) is 39.4 Å². The van der Waals surface area contributed by atoms with Gasteiger partial charge >= 0.3 is 5.69 Å². The first kappa shape index (κ1) is 9.64. The van der Waals surface area contributed by atoms with Crippen LogP contribution in [0.3, 0.4) is 0 Å². The standard InChI is InChI=1S/C10H8N4O3/c1-14-8-6(9(15)13-10(14)16)11-7(12-8)5-2-3-17-4-5/h2-4H,1H3,(H,11,12)(H,13,15,16). The lowest BCUT2D eigenvalue weighted by molar-refractivity contribution is 0.568. The van der Waals surface area contributed by atoms with Gasteiger partial charge in [-0.2, -0.15) is 0 Å². The maximum atomic E-state index is 11.6. The van der Waals surface area contributed by atoms with Crippen LogP contribution in [0.2, 0.25) is 0 Å². The zero-order valence-corrected chi connectivity index (χ0v) is 8.85. The third-order valence-corrected chi connectivity index (χ3v) is 2.55. The molecule has 0 unspecified atom stereocenters. The van der Waals surface area contributed by atoms with E-state index in [0.717, 1.165) is 0 Å². The third-order valence-electron chi connectivity index (χ3n) is 2.55. The third kappa shape index (κ3) is 1.32. The van der Waals surface area contributed by atoms with E-state index < -0.39 is 11.2 Å². The zero-order chi connectivity index (χ0) is 12.0. The van der Waals surface area contributed by atoms with Gasteiger partial charge in [-0.15, -0.1) is 0 Å². The minimum Gasteiger partial charge on any atom is -0.472 e. The van der Waals surface area contributed by atoms with Crippen LogP contribution in [0, 0.1) is 0 Å². The molecule has 0 bridgehead atoms. The predicted octanol–water partition coefficient (Wildman–Crippen LogP) is 0.210. The second kappa shape index (κ2) is 3.21. The maximum Gasteiger partial charge on any atom is 0.329 e. The Morgan fingerprint density at radius 3 is 2.88 bits per heavy atom. The van der Waals surface area contributed by atoms with Gasteiger partial charge in [0.05, 0.1) is 11.8 Å². The van der Waals surface area contributed by atoms with E-state index >= 15 is 0 Å². The van der Waals surface area contributed by atoms with Crippen molar-refractivity contribution in [3.8, 4) is 11.4 Å². The highest BCUT2D eigenvalue weighted by Gasteiger charge is 2.12. The van der Waals surface area contributed by atoms with Crippen molar-refractivity contribution < 1.29 is 4.42 Å². The van der Waals surface area contributed by atoms with E-state index in [2.05, 4.69) is 15.0 Å². The Bertz CT molecular complexity index is 791. The second-order valence-corrected chi connectivity index (χ2v) is 3.61. The molecule has 0 aliphatic rings. The van der Waals surface area contributed by atoms with Gasteiger partial charge in [0.15, 0.2) is 5.65 Å². The number of hydrogen-bond donors (Lipinski definition) is 2. The SMILES string of the molecule is Cn1c(=O)[nH]c(=O)c2[nH]c(-c3ccoc3)nc21. The smallest absolute Gasteiger partial charge is 0.329 e. The summed E-state index contributed by atoms with van der Waals surface area (Å²) < 4.78 is 6.21. The van der Waals surface area contributed by atoms with Crippen molar-refractivity contribution in [2.24, 2.45) is 7.05 Å². The number of furan rings is 1. The summed E-state index contributed by atoms with van der Waals surface area (Å²) in [6, 6.07) is 1.71. The fourth-order valence-electron chi connectivity index (χ4n) is 1.64. The average Bonchev–Trinajstić information content (AvgIpc) is 2.94. The molecule has 3 aromatic heterocycles. The van der Waals surface area contributed by atoms with E-state index in [1.807, 2.05) is 0 Å². The molecule has 0 radical (unpaired) electrons. The number of nitrogens with one attached hydrogen (secondary N) is 2. The lowest BCUT2D eigenvalue weighted by Gasteiger charge is -1.94. The summed E-state index contributed by atoms with van der Waals surface area (Å²) in [6.07, 6.45) is 3.01. The van der Waals surface area contributed by atoms with Gasteiger partial charge in [-0.05, 0) is 6.07 Å². The quantitative estimate of drug-likeness (QED) is 0.626. The highest BCUT2D eigenvalue weighted by Crippen LogP contribution is 2.17. The van der Waals surface area contributed by atoms with Crippen LogP contribution in [-0.4, -0.2) is 19.5 Å². The Morgan fingerprint density at radius 2 is 2.18 bits per heavy atom. The van der Waals surface area contributed by atoms with Gasteiger partial charge in [-0.25, -0.2) is 9.78 Å². The zero-order valence-electron chi connectivity index (χ0n) is 8.85. The van der Waals surface area contributed by atoms with Crippen molar-refractivity contribution in [1.29, 1.82) is 0 Å². The molecule has 2 N–H and O–H groups in total. The number of aromatic nitrogens is 4. The largest absolute Gasteiger partial charge is 0.472 e. The van der Waals surface area contributed by atoms with Gasteiger partial charge in [-0.1, -0.05) is 0 Å². The van der Waals surface area contributed by atoms with E-state index in [0.29, 0.717) is 17.0 Å². The molecule has 0 amide bonds. The first-order valence-corrected chi connectivity index (χ1v) is 4.88. The summed E-state index contributed by atoms with van der Waals surface area (Å²) in [7, 11) is 1.54. The topological polar surface area (TPSA) is 96.7 Å². The highest BCUT2D eigenvalue weighted by molar-refractivity contribution is 5.74. The first-order valence-electron chi connectivity index (χ1n) is 4.88. The van der Waals surface area contributed by atoms with Crippen molar-refractivity contribution in [3.63, 3.8) is 0 Å². The molecule has 0 aromatic carbocycles. The van der Waals surface area contributed by atoms with Gasteiger partial charge < -0.3 is 9.40 Å². The van der Waals surface area contributed by atoms with E-state index in [1.54, 1.807) is 13.1 Å². The minimum absolute atomic E-state index is 0.267. The molecule has 17 heavy (non-hydrogen) atoms. The van der Waals surface area contributed by atoms with E-state index in [-0.39, 0.29) is 5.52 Å². The summed E-state index contributed by atoms with van der Waals surface area (Å²) >= 11 is 0. The van der Waals surface area contributed by atoms with Gasteiger partial charge in [0, 0.05) is 7.05 Å². The Labute approximate surface area is 93.7 Å². The molecule has 3 heterocycles. The van der Waals surface area contributed by atoms with Crippen LogP contribution in [-0.2, 0) is 7.05 Å². The maximum absolute atomic E-state index is 11.6. The molecule has 0 saturated carbocycles. The van der Waals surface area contributed by atoms with Crippen molar-refractivity contribution in [1.82, 2.24) is 19.5 Å². The molecule has 3 aromatic rings. The van der Waals surface area contributed by atoms with Crippen molar-refractivity contribution >= 4 is 11.2 Å². The molecule has 0 aliphatic carbocycles. The van der Waals surface area contributed by atoms with Gasteiger partial charge in [0.2, 0.25) is 0 Å². The number of aromatic amines is 2. The summed E-state index contributed by atoms with van der Waals surface area (Å²) in [5.41, 5.74) is 0.324. The molecule has 86 valence electrons. The predicted molar refractivity (Wildman–Crippen MR) is 59.7 cm³/mol. The van der Waals surface area contributed by atoms with E-state index in [1.165, 1.54) is 17.1 Å². The van der Waals surface area contributed by atoms with Crippen LogP contribution in [0.15, 0.2) is 32.6 Å². The molecule has 3 rings (SSSR count). The molecule has 7 heteroatoms. The number of hydrogen-bond acceptors (Lipinski definition) is 4. The number of fused-ring (bicyclic) bond motifs is 1. The normalized spacial score (nSPS) is 11.1. The van der Waals surface area contributed by atoms with Crippen molar-refractivity contribution in [2.45, 2.75) is 0 Å². The monoisotopic (exact) mass is 232 g/mol. The van der Waals surface area contributed by atoms with E-state index in [4.69, 9.17) is 4.42 Å². The molecule has 0 fully saturated rings. The molecular formula is C10H8N4O3. The second-order valence-electron chi connectivity index (χ2n) is 3.61. The Balaban J connectivity index is 2.41. The van der Waals surface area contributed by atoms with E-state index in [9.17, 15) is 9.59 Å². The first-order chi connectivity index (χ1) is 8.16. The fourth-order valence-corrected chi connectivity index (χ4v) is 1.64. The van der Waals surface area contributed by atoms with Gasteiger partial charge in [0.25, 0.3) is 5.56 Å². The van der Waals surface area contributed by atoms with Crippen LogP contribution in [0.25, 0.3) is 22.6 Å². The minimum atomic E-state index is -0.493. The molecule has 0 atom stereocenters. The summed E-state index contributed by atoms with van der Waals surface area (Å²) in [4.78, 5) is 32.2. The molecule has 0 aliphatic heterocycles. The van der Waals surface area contributed by atoms with Crippen molar-refractivity contribution in [2.75, 3.05) is 0 Å². The molecule has 7 nitrogen and oxygen atoms in total. The number of H-pyrrole nitrogens is 2. The lowest BCUT2D eigenvalue weighted by Crippen LogP contribution is -2.28. The lowest BCUT2D eigenvalue weighted by atomic mass is 10.3. The summed E-state index contributed by atoms with van der Waals surface area (Å²) in [5, 5.41) is 0. The Morgan fingerprint density at radius 1 is 1.35 bits per heavy atom. The van der Waals surface area contributed by atoms with Crippen LogP contribution in [0.5, 0.6) is 0 Å². The van der Waals surface area contributed by atoms with Crippen LogP contribution < -0.4 is 11.2 Å². The number of rotatable bonds is 1.